The molecule has 1 aromatic carbocycles. The molecule has 1 fully saturated rings. The highest BCUT2D eigenvalue weighted by molar-refractivity contribution is 5.73. The molecule has 1 saturated heterocycles. The number of carbonyl (C=O) groups is 1. The summed E-state index contributed by atoms with van der Waals surface area (Å²) in [5.74, 6) is -0.611. The minimum Gasteiger partial charge on any atom is -0.469 e. The van der Waals surface area contributed by atoms with E-state index in [1.807, 2.05) is 4.90 Å². The second kappa shape index (κ2) is 5.46. The third-order valence-corrected chi connectivity index (χ3v) is 3.19. The summed E-state index contributed by atoms with van der Waals surface area (Å²) >= 11 is 0. The third-order valence-electron chi connectivity index (χ3n) is 3.19. The molecule has 1 aliphatic heterocycles. The average molecular weight is 253 g/mol. The van der Waals surface area contributed by atoms with E-state index in [9.17, 15) is 9.18 Å². The van der Waals surface area contributed by atoms with Crippen molar-refractivity contribution in [2.24, 2.45) is 5.92 Å². The summed E-state index contributed by atoms with van der Waals surface area (Å²) in [4.78, 5) is 13.2. The molecule has 0 amide bonds. The number of carbonyl (C=O) groups excluding carboxylic acids is 1. The summed E-state index contributed by atoms with van der Waals surface area (Å²) in [6.07, 6.45) is 0. The Kier molecular flexibility index (Phi) is 3.93. The van der Waals surface area contributed by atoms with Crippen LogP contribution in [0.5, 0.6) is 0 Å². The molecule has 0 atom stereocenters. The van der Waals surface area contributed by atoms with Crippen molar-refractivity contribution < 1.29 is 19.0 Å². The molecule has 5 heteroatoms. The molecule has 1 aliphatic rings. The number of hydrogen-bond donors (Lipinski definition) is 1. The summed E-state index contributed by atoms with van der Waals surface area (Å²) in [6.45, 7) is 1.53. The first kappa shape index (κ1) is 13.0. The van der Waals surface area contributed by atoms with Crippen molar-refractivity contribution in [1.29, 1.82) is 0 Å². The van der Waals surface area contributed by atoms with Gasteiger partial charge in [-0.05, 0) is 11.6 Å². The maximum absolute atomic E-state index is 13.7. The molecule has 0 bridgehead atoms. The van der Waals surface area contributed by atoms with Crippen molar-refractivity contribution in [3.63, 3.8) is 0 Å². The van der Waals surface area contributed by atoms with E-state index in [0.29, 0.717) is 30.8 Å². The number of benzene rings is 1. The van der Waals surface area contributed by atoms with E-state index in [1.165, 1.54) is 13.2 Å². The van der Waals surface area contributed by atoms with E-state index in [1.54, 1.807) is 12.1 Å². The summed E-state index contributed by atoms with van der Waals surface area (Å²) in [5.41, 5.74) is 1.14. The number of hydrogen-bond acceptors (Lipinski definition) is 4. The third kappa shape index (κ3) is 2.68. The van der Waals surface area contributed by atoms with Gasteiger partial charge in [0.2, 0.25) is 0 Å². The fourth-order valence-electron chi connectivity index (χ4n) is 2.07. The topological polar surface area (TPSA) is 49.8 Å². The molecule has 18 heavy (non-hydrogen) atoms. The van der Waals surface area contributed by atoms with Gasteiger partial charge in [-0.2, -0.15) is 0 Å². The van der Waals surface area contributed by atoms with Crippen molar-refractivity contribution >= 4 is 5.97 Å². The van der Waals surface area contributed by atoms with Gasteiger partial charge < -0.3 is 9.84 Å². The number of methoxy groups -OCH3 is 1. The van der Waals surface area contributed by atoms with Crippen molar-refractivity contribution in [1.82, 2.24) is 4.90 Å². The van der Waals surface area contributed by atoms with E-state index in [-0.39, 0.29) is 24.3 Å². The van der Waals surface area contributed by atoms with Gasteiger partial charge in [0, 0.05) is 25.2 Å². The van der Waals surface area contributed by atoms with Gasteiger partial charge in [-0.15, -0.1) is 0 Å². The average Bonchev–Trinajstić information content (AvgIpc) is 2.33. The first-order valence-electron chi connectivity index (χ1n) is 5.82. The molecule has 1 aromatic rings. The highest BCUT2D eigenvalue weighted by Crippen LogP contribution is 2.21. The lowest BCUT2D eigenvalue weighted by molar-refractivity contribution is -0.151. The van der Waals surface area contributed by atoms with Crippen LogP contribution in [-0.2, 0) is 22.7 Å². The van der Waals surface area contributed by atoms with Gasteiger partial charge in [-0.3, -0.25) is 9.69 Å². The Balaban J connectivity index is 1.90. The quantitative estimate of drug-likeness (QED) is 0.811. The van der Waals surface area contributed by atoms with Gasteiger partial charge in [-0.1, -0.05) is 12.1 Å². The molecule has 0 aromatic heterocycles. The maximum Gasteiger partial charge on any atom is 0.311 e. The molecular weight excluding hydrogens is 237 g/mol. The van der Waals surface area contributed by atoms with Crippen molar-refractivity contribution in [3.8, 4) is 0 Å². The summed E-state index contributed by atoms with van der Waals surface area (Å²) in [5, 5.41) is 8.89. The van der Waals surface area contributed by atoms with Crippen LogP contribution in [0.15, 0.2) is 18.2 Å². The Morgan fingerprint density at radius 2 is 2.28 bits per heavy atom. The van der Waals surface area contributed by atoms with Crippen LogP contribution in [0.25, 0.3) is 0 Å². The number of aliphatic hydroxyl groups is 1. The fraction of sp³-hybridized carbons (Fsp3) is 0.462. The number of esters is 1. The number of nitrogens with zero attached hydrogens (tertiary/aromatic N) is 1. The second-order valence-electron chi connectivity index (χ2n) is 4.50. The normalized spacial score (nSPS) is 16.4. The van der Waals surface area contributed by atoms with Crippen LogP contribution < -0.4 is 0 Å². The number of likely N-dealkylation sites (tertiary alicyclic amines) is 1. The molecular formula is C13H16FNO3. The number of aliphatic hydroxyl groups excluding tert-OH is 1. The van der Waals surface area contributed by atoms with Crippen LogP contribution in [0.4, 0.5) is 4.39 Å². The molecule has 1 heterocycles. The van der Waals surface area contributed by atoms with E-state index < -0.39 is 0 Å². The second-order valence-corrected chi connectivity index (χ2v) is 4.50. The zero-order valence-electron chi connectivity index (χ0n) is 10.2. The molecule has 2 rings (SSSR count). The minimum absolute atomic E-state index is 0.0882. The molecule has 0 unspecified atom stereocenters. The van der Waals surface area contributed by atoms with Gasteiger partial charge >= 0.3 is 5.97 Å². The van der Waals surface area contributed by atoms with Gasteiger partial charge in [0.15, 0.2) is 0 Å². The van der Waals surface area contributed by atoms with Crippen LogP contribution in [0.2, 0.25) is 0 Å². The zero-order chi connectivity index (χ0) is 13.1. The van der Waals surface area contributed by atoms with Gasteiger partial charge in [0.1, 0.15) is 5.82 Å². The molecule has 0 spiro atoms. The zero-order valence-corrected chi connectivity index (χ0v) is 10.2. The number of rotatable bonds is 4. The fourth-order valence-corrected chi connectivity index (χ4v) is 2.07. The Morgan fingerprint density at radius 3 is 2.83 bits per heavy atom. The number of halogens is 1. The minimum atomic E-state index is -0.317. The molecule has 0 radical (unpaired) electrons. The SMILES string of the molecule is COC(=O)C1CN(Cc2ccc(CO)cc2F)C1. The first-order chi connectivity index (χ1) is 8.63. The van der Waals surface area contributed by atoms with Crippen molar-refractivity contribution in [2.45, 2.75) is 13.2 Å². The van der Waals surface area contributed by atoms with E-state index in [0.717, 1.165) is 0 Å². The Morgan fingerprint density at radius 1 is 1.56 bits per heavy atom. The lowest BCUT2D eigenvalue weighted by Crippen LogP contribution is -2.50. The molecule has 98 valence electrons. The summed E-state index contributed by atoms with van der Waals surface area (Å²) in [7, 11) is 1.37. The predicted molar refractivity (Wildman–Crippen MR) is 63.1 cm³/mol. The van der Waals surface area contributed by atoms with E-state index in [4.69, 9.17) is 5.11 Å². The standard InChI is InChI=1S/C13H16FNO3/c1-18-13(17)11-6-15(7-11)5-10-3-2-9(8-16)4-12(10)14/h2-4,11,16H,5-8H2,1H3. The van der Waals surface area contributed by atoms with Gasteiger partial charge in [0.05, 0.1) is 19.6 Å². The predicted octanol–water partition coefficient (Wildman–Crippen LogP) is 0.923. The lowest BCUT2D eigenvalue weighted by Gasteiger charge is -2.37. The Hall–Kier alpha value is -1.46. The summed E-state index contributed by atoms with van der Waals surface area (Å²) in [6, 6.07) is 4.72. The van der Waals surface area contributed by atoms with Crippen LogP contribution in [0.1, 0.15) is 11.1 Å². The smallest absolute Gasteiger partial charge is 0.311 e. The lowest BCUT2D eigenvalue weighted by atomic mass is 9.99. The van der Waals surface area contributed by atoms with Gasteiger partial charge in [0.25, 0.3) is 0 Å². The summed E-state index contributed by atoms with van der Waals surface area (Å²) < 4.78 is 18.3. The van der Waals surface area contributed by atoms with Crippen molar-refractivity contribution in [2.75, 3.05) is 20.2 Å². The van der Waals surface area contributed by atoms with Crippen LogP contribution >= 0.6 is 0 Å². The molecule has 0 aliphatic carbocycles. The molecule has 0 saturated carbocycles. The molecule has 1 N–H and O–H groups in total. The largest absolute Gasteiger partial charge is 0.469 e. The van der Waals surface area contributed by atoms with Crippen LogP contribution in [-0.4, -0.2) is 36.2 Å². The highest BCUT2D eigenvalue weighted by Gasteiger charge is 2.33. The van der Waals surface area contributed by atoms with E-state index in [2.05, 4.69) is 4.74 Å². The number of ether oxygens (including phenoxy) is 1. The van der Waals surface area contributed by atoms with Crippen LogP contribution in [0, 0.1) is 11.7 Å². The Labute approximate surface area is 105 Å². The monoisotopic (exact) mass is 253 g/mol. The molecule has 4 nitrogen and oxygen atoms in total. The van der Waals surface area contributed by atoms with E-state index >= 15 is 0 Å². The Bertz CT molecular complexity index is 444. The highest BCUT2D eigenvalue weighted by atomic mass is 19.1. The first-order valence-corrected chi connectivity index (χ1v) is 5.82. The van der Waals surface area contributed by atoms with Crippen molar-refractivity contribution in [3.05, 3.63) is 35.1 Å². The van der Waals surface area contributed by atoms with Crippen LogP contribution in [0.3, 0.4) is 0 Å². The maximum atomic E-state index is 13.7. The van der Waals surface area contributed by atoms with Gasteiger partial charge in [-0.25, -0.2) is 4.39 Å².